The molecule has 0 aliphatic heterocycles. The largest absolute Gasteiger partial charge is 1.00 e. The average molecular weight is 326 g/mol. The van der Waals surface area contributed by atoms with Crippen molar-refractivity contribution in [2.75, 3.05) is 12.8 Å². The van der Waals surface area contributed by atoms with E-state index in [-0.39, 0.29) is 102 Å². The average Bonchev–Trinajstić information content (AvgIpc) is 1.98. The topological polar surface area (TPSA) is 133 Å². The zero-order valence-corrected chi connectivity index (χ0v) is 18.8. The van der Waals surface area contributed by atoms with Crippen LogP contribution >= 0.6 is 15.4 Å². The first-order chi connectivity index (χ1) is 6.66. The van der Waals surface area contributed by atoms with Crippen LogP contribution in [0.2, 0.25) is 0 Å². The number of aliphatic hydroxyl groups excluding tert-OH is 1. The van der Waals surface area contributed by atoms with Crippen LogP contribution in [0.5, 0.6) is 0 Å². The minimum Gasteiger partial charge on any atom is -0.790 e. The molecular formula is C6H11Na3O7P2. The van der Waals surface area contributed by atoms with Crippen molar-refractivity contribution in [1.29, 1.82) is 0 Å². The third-order valence-electron chi connectivity index (χ3n) is 1.37. The van der Waals surface area contributed by atoms with E-state index in [1.54, 1.807) is 6.92 Å². The van der Waals surface area contributed by atoms with E-state index in [2.05, 4.69) is 4.31 Å². The van der Waals surface area contributed by atoms with E-state index < -0.39 is 21.6 Å². The number of rotatable bonds is 6. The van der Waals surface area contributed by atoms with E-state index in [0.717, 1.165) is 0 Å². The summed E-state index contributed by atoms with van der Waals surface area (Å²) in [5.74, 6) is 0. The second-order valence-corrected chi connectivity index (χ2v) is 6.08. The summed E-state index contributed by atoms with van der Waals surface area (Å²) in [5.41, 5.74) is 0.544. The normalized spacial score (nSPS) is 14.6. The van der Waals surface area contributed by atoms with E-state index >= 15 is 0 Å². The summed E-state index contributed by atoms with van der Waals surface area (Å²) in [6.45, 7) is 1.36. The van der Waals surface area contributed by atoms with Crippen LogP contribution in [0.3, 0.4) is 0 Å². The molecule has 0 amide bonds. The summed E-state index contributed by atoms with van der Waals surface area (Å²) >= 11 is 0. The molecule has 0 aromatic rings. The molecule has 90 valence electrons. The van der Waals surface area contributed by atoms with E-state index in [1.165, 1.54) is 6.08 Å². The zero-order chi connectivity index (χ0) is 12.1. The van der Waals surface area contributed by atoms with Crippen molar-refractivity contribution < 1.29 is 122 Å². The molecule has 18 heavy (non-hydrogen) atoms. The van der Waals surface area contributed by atoms with Gasteiger partial charge in [-0.1, -0.05) is 11.6 Å². The van der Waals surface area contributed by atoms with Gasteiger partial charge in [0.05, 0.1) is 14.4 Å². The quantitative estimate of drug-likeness (QED) is 0.291. The molecular weight excluding hydrogens is 315 g/mol. The molecule has 7 nitrogen and oxygen atoms in total. The standard InChI is InChI=1S/C6H14O7P2.3Na/c1-6(5-7)3-2-4-14(8,9)13-15(10,11)12;;;/h3,7H,2,4-5H2,1H3,(H,8,9)(H2,10,11,12);;;/q;3*+1/p-3/b6-3+;;;. The fourth-order valence-corrected chi connectivity index (χ4v) is 2.72. The van der Waals surface area contributed by atoms with Crippen LogP contribution in [-0.2, 0) is 13.4 Å². The first kappa shape index (κ1) is 29.1. The van der Waals surface area contributed by atoms with Gasteiger partial charge in [0.2, 0.25) is 0 Å². The maximum Gasteiger partial charge on any atom is 1.00 e. The number of phosphoric acid groups is 1. The summed E-state index contributed by atoms with van der Waals surface area (Å²) < 4.78 is 24.3. The molecule has 1 N–H and O–H groups in total. The number of aliphatic hydroxyl groups is 1. The van der Waals surface area contributed by atoms with Gasteiger partial charge >= 0.3 is 88.7 Å². The Morgan fingerprint density at radius 1 is 1.22 bits per heavy atom. The number of hydrogen-bond donors (Lipinski definition) is 1. The third kappa shape index (κ3) is 19.0. The molecule has 1 atom stereocenters. The van der Waals surface area contributed by atoms with Gasteiger partial charge in [-0.25, -0.2) is 0 Å². The molecule has 0 aromatic carbocycles. The Bertz CT molecular complexity index is 329. The van der Waals surface area contributed by atoms with Crippen molar-refractivity contribution in [2.45, 2.75) is 13.3 Å². The minimum absolute atomic E-state index is 0. The molecule has 0 fully saturated rings. The summed E-state index contributed by atoms with van der Waals surface area (Å²) in [6, 6.07) is 0. The molecule has 0 saturated heterocycles. The van der Waals surface area contributed by atoms with E-state index in [9.17, 15) is 23.8 Å². The first-order valence-electron chi connectivity index (χ1n) is 3.96. The van der Waals surface area contributed by atoms with Gasteiger partial charge in [-0.3, -0.25) is 0 Å². The van der Waals surface area contributed by atoms with Crippen molar-refractivity contribution in [3.63, 3.8) is 0 Å². The maximum atomic E-state index is 10.9. The second kappa shape index (κ2) is 13.6. The Morgan fingerprint density at radius 2 is 1.67 bits per heavy atom. The molecule has 0 aliphatic rings. The molecule has 1 unspecified atom stereocenters. The Kier molecular flexibility index (Phi) is 22.0. The van der Waals surface area contributed by atoms with Crippen molar-refractivity contribution in [1.82, 2.24) is 0 Å². The molecule has 0 aliphatic carbocycles. The van der Waals surface area contributed by atoms with Gasteiger partial charge < -0.3 is 33.2 Å². The van der Waals surface area contributed by atoms with Crippen molar-refractivity contribution in [3.8, 4) is 0 Å². The van der Waals surface area contributed by atoms with E-state index in [4.69, 9.17) is 5.11 Å². The van der Waals surface area contributed by atoms with Crippen molar-refractivity contribution in [2.24, 2.45) is 0 Å². The maximum absolute atomic E-state index is 10.9. The molecule has 0 radical (unpaired) electrons. The van der Waals surface area contributed by atoms with Crippen LogP contribution in [0.25, 0.3) is 0 Å². The monoisotopic (exact) mass is 326 g/mol. The Balaban J connectivity index is -0.000000327. The van der Waals surface area contributed by atoms with Crippen LogP contribution in [0.15, 0.2) is 11.6 Å². The molecule has 0 aromatic heterocycles. The van der Waals surface area contributed by atoms with Gasteiger partial charge in [-0.15, -0.1) is 0 Å². The van der Waals surface area contributed by atoms with Gasteiger partial charge in [0.25, 0.3) is 0 Å². The molecule has 12 heteroatoms. The van der Waals surface area contributed by atoms with Gasteiger partial charge in [0, 0.05) is 6.16 Å². The van der Waals surface area contributed by atoms with Gasteiger partial charge in [0.1, 0.15) is 7.60 Å². The van der Waals surface area contributed by atoms with Crippen LogP contribution in [0.1, 0.15) is 13.3 Å². The SMILES string of the molecule is C/C(=C\CCP(=O)([O-])OP(=O)([O-])[O-])CO.[Na+].[Na+].[Na+]. The summed E-state index contributed by atoms with van der Waals surface area (Å²) in [7, 11) is -10.1. The molecule has 0 bridgehead atoms. The van der Waals surface area contributed by atoms with Gasteiger partial charge in [-0.05, 0) is 13.3 Å². The number of hydrogen-bond acceptors (Lipinski definition) is 7. The Labute approximate surface area is 172 Å². The van der Waals surface area contributed by atoms with Crippen LogP contribution in [-0.4, -0.2) is 17.9 Å². The number of allylic oxidation sites excluding steroid dienone is 1. The molecule has 0 saturated carbocycles. The van der Waals surface area contributed by atoms with E-state index in [0.29, 0.717) is 5.57 Å². The molecule has 0 rings (SSSR count). The second-order valence-electron chi connectivity index (χ2n) is 2.86. The van der Waals surface area contributed by atoms with Crippen molar-refractivity contribution >= 4 is 15.4 Å². The third-order valence-corrected chi connectivity index (χ3v) is 3.97. The Morgan fingerprint density at radius 3 is 2.00 bits per heavy atom. The smallest absolute Gasteiger partial charge is 0.790 e. The fourth-order valence-electron chi connectivity index (χ4n) is 0.727. The molecule has 0 spiro atoms. The first-order valence-corrected chi connectivity index (χ1v) is 7.15. The fraction of sp³-hybridized carbons (Fsp3) is 0.667. The van der Waals surface area contributed by atoms with Crippen LogP contribution in [0.4, 0.5) is 0 Å². The van der Waals surface area contributed by atoms with Crippen molar-refractivity contribution in [3.05, 3.63) is 11.6 Å². The summed E-state index contributed by atoms with van der Waals surface area (Å²) in [5, 5.41) is 8.56. The van der Waals surface area contributed by atoms with E-state index in [1.807, 2.05) is 0 Å². The predicted molar refractivity (Wildman–Crippen MR) is 46.6 cm³/mol. The van der Waals surface area contributed by atoms with Crippen LogP contribution < -0.4 is 103 Å². The molecule has 0 heterocycles. The van der Waals surface area contributed by atoms with Gasteiger partial charge in [-0.2, -0.15) is 0 Å². The summed E-state index contributed by atoms with van der Waals surface area (Å²) in [4.78, 5) is 30.9. The van der Waals surface area contributed by atoms with Crippen LogP contribution in [0, 0.1) is 0 Å². The zero-order valence-electron chi connectivity index (χ0n) is 11.0. The van der Waals surface area contributed by atoms with Gasteiger partial charge in [0.15, 0.2) is 0 Å². The Hall–Kier alpha value is 3.00. The summed E-state index contributed by atoms with van der Waals surface area (Å²) in [6.07, 6.45) is 0.792. The minimum atomic E-state index is -5.50. The predicted octanol–water partition coefficient (Wildman–Crippen LogP) is -10.3.